The molecule has 7 heteroatoms. The lowest BCUT2D eigenvalue weighted by molar-refractivity contribution is 0.278. The second kappa shape index (κ2) is 11.3. The van der Waals surface area contributed by atoms with Crippen LogP contribution in [0.2, 0.25) is 0 Å². The third kappa shape index (κ3) is 7.74. The van der Waals surface area contributed by atoms with Crippen LogP contribution in [-0.2, 0) is 6.54 Å². The number of ether oxygens (including phenoxy) is 2. The molecule has 1 rings (SSSR count). The highest BCUT2D eigenvalue weighted by Crippen LogP contribution is 2.27. The Labute approximate surface area is 156 Å². The number of nitrogens with two attached hydrogens (primary N) is 1. The molecule has 0 aliphatic heterocycles. The van der Waals surface area contributed by atoms with Crippen molar-refractivity contribution in [2.75, 3.05) is 34.4 Å². The van der Waals surface area contributed by atoms with Gasteiger partial charge in [0.1, 0.15) is 0 Å². The Kier molecular flexibility index (Phi) is 10.7. The van der Waals surface area contributed by atoms with E-state index in [4.69, 9.17) is 15.2 Å². The first kappa shape index (κ1) is 21.8. The number of rotatable bonds is 8. The molecule has 0 aliphatic carbocycles. The summed E-state index contributed by atoms with van der Waals surface area (Å²) in [6, 6.07) is 6.24. The number of nitrogens with zero attached hydrogens (tertiary/aromatic N) is 2. The number of nitrogens with one attached hydrogen (secondary N) is 1. The predicted molar refractivity (Wildman–Crippen MR) is 106 cm³/mol. The molecule has 0 amide bonds. The van der Waals surface area contributed by atoms with Crippen LogP contribution in [0.15, 0.2) is 23.2 Å². The summed E-state index contributed by atoms with van der Waals surface area (Å²) in [5, 5.41) is 3.12. The molecular formula is C16H29IN4O2. The predicted octanol–water partition coefficient (Wildman–Crippen LogP) is 2.07. The highest BCUT2D eigenvalue weighted by atomic mass is 127. The largest absolute Gasteiger partial charge is 0.493 e. The van der Waals surface area contributed by atoms with Crippen molar-refractivity contribution in [1.82, 2.24) is 10.2 Å². The van der Waals surface area contributed by atoms with Gasteiger partial charge in [-0.25, -0.2) is 4.99 Å². The highest BCUT2D eigenvalue weighted by molar-refractivity contribution is 14.0. The molecule has 0 radical (unpaired) electrons. The Bertz CT molecular complexity index is 495. The first-order chi connectivity index (χ1) is 10.5. The maximum Gasteiger partial charge on any atom is 0.188 e. The highest BCUT2D eigenvalue weighted by Gasteiger charge is 2.05. The molecule has 0 unspecified atom stereocenters. The fraction of sp³-hybridized carbons (Fsp3) is 0.562. The Morgan fingerprint density at radius 3 is 2.48 bits per heavy atom. The van der Waals surface area contributed by atoms with E-state index in [1.165, 1.54) is 0 Å². The molecule has 0 fully saturated rings. The molecule has 3 N–H and O–H groups in total. The van der Waals surface area contributed by atoms with E-state index in [0.29, 0.717) is 30.0 Å². The van der Waals surface area contributed by atoms with Crippen LogP contribution in [0.3, 0.4) is 0 Å². The van der Waals surface area contributed by atoms with Gasteiger partial charge in [-0.15, -0.1) is 24.0 Å². The maximum atomic E-state index is 5.87. The van der Waals surface area contributed by atoms with Crippen molar-refractivity contribution >= 4 is 29.9 Å². The minimum atomic E-state index is 0. The van der Waals surface area contributed by atoms with Crippen LogP contribution in [-0.4, -0.2) is 51.3 Å². The number of likely N-dealkylation sites (N-methyl/N-ethyl adjacent to an activating group) is 1. The number of methoxy groups -OCH3 is 2. The number of aliphatic imine (C=N–C) groups is 1. The zero-order valence-corrected chi connectivity index (χ0v) is 17.0. The molecule has 0 saturated carbocycles. The van der Waals surface area contributed by atoms with Crippen LogP contribution in [0.1, 0.15) is 19.4 Å². The number of benzene rings is 1. The fourth-order valence-corrected chi connectivity index (χ4v) is 1.83. The molecule has 1 aromatic carbocycles. The van der Waals surface area contributed by atoms with Crippen molar-refractivity contribution in [2.45, 2.75) is 26.4 Å². The third-order valence-electron chi connectivity index (χ3n) is 3.53. The monoisotopic (exact) mass is 436 g/mol. The van der Waals surface area contributed by atoms with E-state index < -0.39 is 0 Å². The van der Waals surface area contributed by atoms with Gasteiger partial charge in [0.2, 0.25) is 0 Å². The molecule has 0 atom stereocenters. The van der Waals surface area contributed by atoms with Crippen LogP contribution in [0.4, 0.5) is 0 Å². The molecule has 0 bridgehead atoms. The molecule has 0 heterocycles. The number of hydrogen-bond acceptors (Lipinski definition) is 4. The lowest BCUT2D eigenvalue weighted by Gasteiger charge is -2.21. The van der Waals surface area contributed by atoms with Crippen LogP contribution < -0.4 is 20.5 Å². The van der Waals surface area contributed by atoms with Gasteiger partial charge in [-0.3, -0.25) is 0 Å². The van der Waals surface area contributed by atoms with Crippen molar-refractivity contribution in [3.63, 3.8) is 0 Å². The van der Waals surface area contributed by atoms with Crippen molar-refractivity contribution in [3.05, 3.63) is 23.8 Å². The Balaban J connectivity index is 0.00000484. The van der Waals surface area contributed by atoms with E-state index in [1.807, 2.05) is 18.2 Å². The standard InChI is InChI=1S/C16H28N4O2.HI/c1-12(2)20(3)9-8-18-16(17)19-11-13-6-7-14(21-4)15(10-13)22-5;/h6-7,10,12H,8-9,11H2,1-5H3,(H3,17,18,19);1H. The molecule has 6 nitrogen and oxygen atoms in total. The minimum absolute atomic E-state index is 0. The smallest absolute Gasteiger partial charge is 0.188 e. The van der Waals surface area contributed by atoms with Gasteiger partial charge in [0.05, 0.1) is 20.8 Å². The van der Waals surface area contributed by atoms with Gasteiger partial charge < -0.3 is 25.4 Å². The summed E-state index contributed by atoms with van der Waals surface area (Å²) >= 11 is 0. The van der Waals surface area contributed by atoms with Crippen molar-refractivity contribution in [2.24, 2.45) is 10.7 Å². The first-order valence-corrected chi connectivity index (χ1v) is 7.42. The van der Waals surface area contributed by atoms with Gasteiger partial charge >= 0.3 is 0 Å². The minimum Gasteiger partial charge on any atom is -0.493 e. The van der Waals surface area contributed by atoms with E-state index in [1.54, 1.807) is 14.2 Å². The summed E-state index contributed by atoms with van der Waals surface area (Å²) in [4.78, 5) is 6.58. The van der Waals surface area contributed by atoms with Crippen LogP contribution in [0.5, 0.6) is 11.5 Å². The first-order valence-electron chi connectivity index (χ1n) is 7.42. The molecule has 1 aromatic rings. The van der Waals surface area contributed by atoms with Gasteiger partial charge in [-0.1, -0.05) is 6.07 Å². The maximum absolute atomic E-state index is 5.87. The van der Waals surface area contributed by atoms with E-state index in [2.05, 4.69) is 36.1 Å². The third-order valence-corrected chi connectivity index (χ3v) is 3.53. The summed E-state index contributed by atoms with van der Waals surface area (Å²) in [7, 11) is 5.32. The van der Waals surface area contributed by atoms with E-state index in [0.717, 1.165) is 18.7 Å². The number of halogens is 1. The van der Waals surface area contributed by atoms with Crippen LogP contribution in [0.25, 0.3) is 0 Å². The van der Waals surface area contributed by atoms with E-state index >= 15 is 0 Å². The van der Waals surface area contributed by atoms with E-state index in [-0.39, 0.29) is 24.0 Å². The van der Waals surface area contributed by atoms with Gasteiger partial charge in [-0.2, -0.15) is 0 Å². The summed E-state index contributed by atoms with van der Waals surface area (Å²) in [5.41, 5.74) is 6.89. The molecule has 0 aromatic heterocycles. The lowest BCUT2D eigenvalue weighted by atomic mass is 10.2. The molecule has 132 valence electrons. The van der Waals surface area contributed by atoms with Gasteiger partial charge in [-0.05, 0) is 38.6 Å². The van der Waals surface area contributed by atoms with Crippen molar-refractivity contribution in [3.8, 4) is 11.5 Å². The van der Waals surface area contributed by atoms with Gasteiger partial charge in [0.25, 0.3) is 0 Å². The van der Waals surface area contributed by atoms with Crippen molar-refractivity contribution < 1.29 is 9.47 Å². The quantitative estimate of drug-likeness (QED) is 0.371. The SMILES string of the molecule is COc1ccc(CN=C(N)NCCN(C)C(C)C)cc1OC.I. The zero-order valence-electron chi connectivity index (χ0n) is 14.6. The number of hydrogen-bond donors (Lipinski definition) is 2. The topological polar surface area (TPSA) is 72.1 Å². The normalized spacial score (nSPS) is 11.3. The summed E-state index contributed by atoms with van der Waals surface area (Å²) in [5.74, 6) is 1.85. The number of guanidine groups is 1. The average molecular weight is 436 g/mol. The summed E-state index contributed by atoms with van der Waals surface area (Å²) < 4.78 is 10.5. The van der Waals surface area contributed by atoms with Crippen LogP contribution >= 0.6 is 24.0 Å². The molecular weight excluding hydrogens is 407 g/mol. The second-order valence-electron chi connectivity index (χ2n) is 5.39. The molecule has 0 spiro atoms. The van der Waals surface area contributed by atoms with Gasteiger partial charge in [0, 0.05) is 19.1 Å². The molecule has 23 heavy (non-hydrogen) atoms. The molecule has 0 saturated heterocycles. The lowest BCUT2D eigenvalue weighted by Crippen LogP contribution is -2.39. The zero-order chi connectivity index (χ0) is 16.5. The summed E-state index contributed by atoms with van der Waals surface area (Å²) in [6.45, 7) is 6.52. The molecule has 0 aliphatic rings. The van der Waals surface area contributed by atoms with Crippen LogP contribution in [0, 0.1) is 0 Å². The Morgan fingerprint density at radius 2 is 1.91 bits per heavy atom. The Morgan fingerprint density at radius 1 is 1.26 bits per heavy atom. The second-order valence-corrected chi connectivity index (χ2v) is 5.39. The summed E-state index contributed by atoms with van der Waals surface area (Å²) in [6.07, 6.45) is 0. The van der Waals surface area contributed by atoms with Crippen molar-refractivity contribution in [1.29, 1.82) is 0 Å². The van der Waals surface area contributed by atoms with Gasteiger partial charge in [0.15, 0.2) is 17.5 Å². The Hall–Kier alpha value is -1.22. The fourth-order valence-electron chi connectivity index (χ4n) is 1.83. The average Bonchev–Trinajstić information content (AvgIpc) is 2.52. The van der Waals surface area contributed by atoms with E-state index in [9.17, 15) is 0 Å².